The van der Waals surface area contributed by atoms with Crippen molar-refractivity contribution in [3.8, 4) is 23.0 Å². The molecule has 6 heteroatoms. The van der Waals surface area contributed by atoms with Gasteiger partial charge in [0.05, 0.1) is 0 Å². The minimum Gasteiger partial charge on any atom is -0.454 e. The van der Waals surface area contributed by atoms with Crippen LogP contribution in [0.4, 0.5) is 0 Å². The molecular formula is C79H114O6. The summed E-state index contributed by atoms with van der Waals surface area (Å²) in [7, 11) is 0. The van der Waals surface area contributed by atoms with Crippen LogP contribution in [-0.2, 0) is 0 Å². The number of benzene rings is 4. The third-order valence-corrected chi connectivity index (χ3v) is 15.3. The number of fused-ring (bicyclic) bond motifs is 2. The van der Waals surface area contributed by atoms with Gasteiger partial charge in [0.15, 0.2) is 23.0 Å². The average Bonchev–Trinajstić information content (AvgIpc) is 4.57. The van der Waals surface area contributed by atoms with Crippen LogP contribution in [0, 0.1) is 57.3 Å². The summed E-state index contributed by atoms with van der Waals surface area (Å²) in [4.78, 5) is 0. The fourth-order valence-corrected chi connectivity index (χ4v) is 9.44. The summed E-state index contributed by atoms with van der Waals surface area (Å²) >= 11 is 0. The Labute approximate surface area is 519 Å². The Hall–Kier alpha value is -6.34. The topological polar surface area (TPSA) is 77.4 Å². The molecule has 0 radical (unpaired) electrons. The zero-order chi connectivity index (χ0) is 62.9. The maximum absolute atomic E-state index is 8.17. The Morgan fingerprint density at radius 1 is 0.471 bits per heavy atom. The molecule has 2 aliphatic heterocycles. The normalized spacial score (nSPS) is 19.0. The molecule has 3 saturated carbocycles. The Morgan fingerprint density at radius 3 is 1.29 bits per heavy atom. The third-order valence-electron chi connectivity index (χ3n) is 15.3. The molecule has 1 unspecified atom stereocenters. The predicted molar refractivity (Wildman–Crippen MR) is 367 cm³/mol. The number of rotatable bonds is 2. The molecule has 0 spiro atoms. The molecule has 3 fully saturated rings. The van der Waals surface area contributed by atoms with E-state index in [9.17, 15) is 0 Å². The average molecular weight is 1160 g/mol. The quantitative estimate of drug-likeness (QED) is 0.195. The van der Waals surface area contributed by atoms with E-state index >= 15 is 0 Å². The van der Waals surface area contributed by atoms with Crippen molar-refractivity contribution in [3.63, 3.8) is 0 Å². The summed E-state index contributed by atoms with van der Waals surface area (Å²) in [5.74, 6) is 7.62. The van der Waals surface area contributed by atoms with E-state index in [0.29, 0.717) is 12.7 Å². The molecule has 4 aromatic rings. The van der Waals surface area contributed by atoms with Crippen LogP contribution in [0.1, 0.15) is 187 Å². The lowest BCUT2D eigenvalue weighted by Crippen LogP contribution is -2.08. The standard InChI is InChI=1S/C9H8O2.C8H8O2.C8H16.C8H12.C7H12.C7H10.C7H8.C7H14.2C7H8.C4H10O2/c1-6-3-4-8-9(5-6)11-7(2)10-8;1-6-2-3-7-8(4-6)10-5-9-7;2*1-7-3-5-8(2)6-4-7;3*1-6-3-4-7(2)5-6;3*1-7-5-3-2-4-6-7;1-4(2-5)3-6/h3-5H,2H2,1H3;2-4H,5H2,1H3;7-8H,3-6H2,1-2H3;5H,1,3-4,6H2,2H3;7H,1,3-5H2,2H3;4H,1,3,5H2,2H3;3-5H,1H2,2H3;7H,2-6H2,1H3;2*2-6H,1H3;4-6H,2-3H2,1H3. The van der Waals surface area contributed by atoms with E-state index in [4.69, 9.17) is 29.2 Å². The summed E-state index contributed by atoms with van der Waals surface area (Å²) in [6.45, 7) is 45.2. The van der Waals surface area contributed by atoms with E-state index in [0.717, 1.165) is 77.1 Å². The van der Waals surface area contributed by atoms with Gasteiger partial charge in [-0.1, -0.05) is 266 Å². The predicted octanol–water partition coefficient (Wildman–Crippen LogP) is 22.4. The second kappa shape index (κ2) is 44.2. The molecule has 2 heterocycles. The summed E-state index contributed by atoms with van der Waals surface area (Å²) in [5, 5.41) is 16.3. The van der Waals surface area contributed by atoms with Crippen molar-refractivity contribution >= 4 is 0 Å². The molecule has 2 N–H and O–H groups in total. The van der Waals surface area contributed by atoms with Gasteiger partial charge in [-0.25, -0.2) is 0 Å². The minimum atomic E-state index is 0.0463. The largest absolute Gasteiger partial charge is 0.454 e. The number of hydrogen-bond acceptors (Lipinski definition) is 6. The molecule has 466 valence electrons. The first-order chi connectivity index (χ1) is 40.5. The molecule has 0 amide bonds. The van der Waals surface area contributed by atoms with Crippen LogP contribution in [0.2, 0.25) is 0 Å². The first kappa shape index (κ1) is 74.8. The summed E-state index contributed by atoms with van der Waals surface area (Å²) in [6, 6.07) is 32.2. The van der Waals surface area contributed by atoms with Gasteiger partial charge < -0.3 is 29.2 Å². The van der Waals surface area contributed by atoms with Crippen molar-refractivity contribution in [2.24, 2.45) is 29.6 Å². The lowest BCUT2D eigenvalue weighted by atomic mass is 9.84. The van der Waals surface area contributed by atoms with E-state index in [1.54, 1.807) is 6.92 Å². The zero-order valence-corrected chi connectivity index (χ0v) is 55.2. The second-order valence-electron chi connectivity index (χ2n) is 24.9. The van der Waals surface area contributed by atoms with Gasteiger partial charge in [-0.05, 0) is 171 Å². The molecule has 6 aliphatic carbocycles. The van der Waals surface area contributed by atoms with Crippen molar-refractivity contribution in [2.45, 2.75) is 192 Å². The van der Waals surface area contributed by atoms with Crippen LogP contribution in [0.25, 0.3) is 0 Å². The smallest absolute Gasteiger partial charge is 0.282 e. The molecule has 85 heavy (non-hydrogen) atoms. The van der Waals surface area contributed by atoms with Crippen LogP contribution in [0.3, 0.4) is 0 Å². The Morgan fingerprint density at radius 2 is 0.965 bits per heavy atom. The van der Waals surface area contributed by atoms with Crippen molar-refractivity contribution in [2.75, 3.05) is 20.0 Å². The van der Waals surface area contributed by atoms with Crippen LogP contribution in [0.15, 0.2) is 205 Å². The van der Waals surface area contributed by atoms with Crippen LogP contribution < -0.4 is 18.9 Å². The van der Waals surface area contributed by atoms with E-state index in [1.807, 2.05) is 92.7 Å². The van der Waals surface area contributed by atoms with Gasteiger partial charge in [0.25, 0.3) is 5.95 Å². The van der Waals surface area contributed by atoms with Gasteiger partial charge >= 0.3 is 0 Å². The summed E-state index contributed by atoms with van der Waals surface area (Å²) in [6.07, 6.45) is 33.7. The molecular weight excluding hydrogens is 1040 g/mol. The highest BCUT2D eigenvalue weighted by molar-refractivity contribution is 5.47. The molecule has 8 aliphatic rings. The Balaban J connectivity index is 0.000000321. The SMILES string of the molecule is C=C1C=CC(C)=C1.C=C1CC=C(C)C1.C=C1CC=C(C)CC1.C=C1CCC(C)C1.C=C1Oc2ccc(C)cc2O1.CC(CO)CO.CC1CCC(C)CC1.CC1CCCCC1.Cc1ccc2c(c1)OCO2.Cc1ccccc1.Cc1ccccc1. The van der Waals surface area contributed by atoms with Gasteiger partial charge in [-0.3, -0.25) is 0 Å². The van der Waals surface area contributed by atoms with Crippen molar-refractivity contribution in [1.82, 2.24) is 0 Å². The van der Waals surface area contributed by atoms with E-state index in [-0.39, 0.29) is 19.1 Å². The highest BCUT2D eigenvalue weighted by atomic mass is 16.7. The van der Waals surface area contributed by atoms with Crippen LogP contribution in [0.5, 0.6) is 23.0 Å². The van der Waals surface area contributed by atoms with Gasteiger partial charge in [0.2, 0.25) is 6.79 Å². The van der Waals surface area contributed by atoms with Gasteiger partial charge in [0, 0.05) is 19.1 Å². The fraction of sp³-hybridized carbons (Fsp3) is 0.468. The van der Waals surface area contributed by atoms with Gasteiger partial charge in [-0.2, -0.15) is 0 Å². The molecule has 0 saturated heterocycles. The lowest BCUT2D eigenvalue weighted by molar-refractivity contribution is 0.162. The first-order valence-electron chi connectivity index (χ1n) is 31.7. The number of aliphatic hydroxyl groups excluding tert-OH is 2. The van der Waals surface area contributed by atoms with E-state index < -0.39 is 0 Å². The summed E-state index contributed by atoms with van der Waals surface area (Å²) in [5.41, 5.74) is 14.6. The molecule has 4 aromatic carbocycles. The number of hydrogen-bond donors (Lipinski definition) is 2. The lowest BCUT2D eigenvalue weighted by Gasteiger charge is -2.22. The van der Waals surface area contributed by atoms with Crippen LogP contribution >= 0.6 is 0 Å². The molecule has 0 bridgehead atoms. The highest BCUT2D eigenvalue weighted by Gasteiger charge is 2.17. The van der Waals surface area contributed by atoms with Crippen LogP contribution in [-0.4, -0.2) is 30.2 Å². The van der Waals surface area contributed by atoms with Crippen molar-refractivity contribution in [3.05, 3.63) is 228 Å². The van der Waals surface area contributed by atoms with E-state index in [2.05, 4.69) is 144 Å². The Kier molecular flexibility index (Phi) is 38.8. The van der Waals surface area contributed by atoms with Gasteiger partial charge in [0.1, 0.15) is 0 Å². The molecule has 1 atom stereocenters. The third kappa shape index (κ3) is 37.7. The Bertz CT molecular complexity index is 2620. The molecule has 6 nitrogen and oxygen atoms in total. The van der Waals surface area contributed by atoms with Crippen molar-refractivity contribution in [1.29, 1.82) is 0 Å². The number of aliphatic hydroxyl groups is 2. The first-order valence-corrected chi connectivity index (χ1v) is 31.7. The van der Waals surface area contributed by atoms with Crippen molar-refractivity contribution < 1.29 is 29.2 Å². The van der Waals surface area contributed by atoms with Gasteiger partial charge in [-0.15, -0.1) is 0 Å². The minimum absolute atomic E-state index is 0.0463. The number of ether oxygens (including phenoxy) is 4. The monoisotopic (exact) mass is 1160 g/mol. The summed E-state index contributed by atoms with van der Waals surface area (Å²) < 4.78 is 20.6. The van der Waals surface area contributed by atoms with E-state index in [1.165, 1.54) is 140 Å². The maximum atomic E-state index is 8.17. The second-order valence-corrected chi connectivity index (χ2v) is 24.9. The number of allylic oxidation sites excluding steroid dienone is 12. The highest BCUT2D eigenvalue weighted by Crippen LogP contribution is 2.36. The number of aryl methyl sites for hydroxylation is 4. The fourth-order valence-electron chi connectivity index (χ4n) is 9.44. The molecule has 0 aromatic heterocycles. The zero-order valence-electron chi connectivity index (χ0n) is 55.2. The molecule has 12 rings (SSSR count). The maximum Gasteiger partial charge on any atom is 0.282 e.